The molecule has 0 aliphatic heterocycles. The van der Waals surface area contributed by atoms with E-state index in [-0.39, 0.29) is 40.8 Å². The zero-order valence-electron chi connectivity index (χ0n) is 23.3. The first kappa shape index (κ1) is 30.1. The highest BCUT2D eigenvalue weighted by Gasteiger charge is 2.30. The van der Waals surface area contributed by atoms with Crippen molar-refractivity contribution in [2.75, 3.05) is 19.6 Å². The molecule has 0 bridgehead atoms. The second kappa shape index (κ2) is 12.1. The molecular weight excluding hydrogens is 680 g/mol. The number of pyridine rings is 1. The fourth-order valence-corrected chi connectivity index (χ4v) is 5.64. The molecule has 42 heavy (non-hydrogen) atoms. The molecule has 1 amide bonds. The van der Waals surface area contributed by atoms with Crippen molar-refractivity contribution < 1.29 is 23.5 Å². The minimum absolute atomic E-state index is 0.0349. The molecule has 1 saturated carbocycles. The molecule has 3 aromatic heterocycles. The smallest absolute Gasteiger partial charge is 0.344 e. The minimum Gasteiger partial charge on any atom is -0.482 e. The highest BCUT2D eigenvalue weighted by Crippen LogP contribution is 2.39. The van der Waals surface area contributed by atoms with Crippen LogP contribution in [0.3, 0.4) is 0 Å². The average Bonchev–Trinajstić information content (AvgIpc) is 3.61. The highest BCUT2D eigenvalue weighted by atomic mass is 79.9. The first-order valence-corrected chi connectivity index (χ1v) is 14.8. The van der Waals surface area contributed by atoms with Crippen LogP contribution in [0.5, 0.6) is 5.75 Å². The van der Waals surface area contributed by atoms with E-state index in [1.807, 2.05) is 5.48 Å². The van der Waals surface area contributed by atoms with Crippen molar-refractivity contribution in [3.05, 3.63) is 73.7 Å². The molecule has 1 aliphatic carbocycles. The summed E-state index contributed by atoms with van der Waals surface area (Å²) < 4.78 is 40.5. The number of anilines is 1. The number of aryl methyl sites for hydroxylation is 1. The summed E-state index contributed by atoms with van der Waals surface area (Å²) in [6, 6.07) is 3.26. The monoisotopic (exact) mass is 707 g/mol. The lowest BCUT2D eigenvalue weighted by atomic mass is 9.96. The van der Waals surface area contributed by atoms with E-state index in [4.69, 9.17) is 4.74 Å². The summed E-state index contributed by atoms with van der Waals surface area (Å²) in [6.45, 7) is 1.63. The largest absolute Gasteiger partial charge is 0.482 e. The van der Waals surface area contributed by atoms with Crippen LogP contribution in [0, 0.1) is 17.6 Å². The summed E-state index contributed by atoms with van der Waals surface area (Å²) in [7, 11) is 5.01. The molecule has 14 heteroatoms. The van der Waals surface area contributed by atoms with Crippen molar-refractivity contribution in [3.63, 3.8) is 0 Å². The van der Waals surface area contributed by atoms with Gasteiger partial charge in [0.05, 0.1) is 21.6 Å². The van der Waals surface area contributed by atoms with Gasteiger partial charge in [0.2, 0.25) is 0 Å². The molecule has 0 unspecified atom stereocenters. The second-order valence-electron chi connectivity index (χ2n) is 10.5. The molecule has 3 heterocycles. The number of halogens is 4. The molecular formula is C28H29Br2F2N7O3. The fourth-order valence-electron chi connectivity index (χ4n) is 4.78. The maximum absolute atomic E-state index is 15.7. The summed E-state index contributed by atoms with van der Waals surface area (Å²) in [5, 5.41) is 18.7. The van der Waals surface area contributed by atoms with Gasteiger partial charge in [-0.3, -0.25) is 9.89 Å². The van der Waals surface area contributed by atoms with Crippen LogP contribution in [0.25, 0.3) is 11.3 Å². The van der Waals surface area contributed by atoms with Crippen molar-refractivity contribution in [1.29, 1.82) is 0 Å². The zero-order chi connectivity index (χ0) is 30.3. The van der Waals surface area contributed by atoms with E-state index >= 15 is 4.39 Å². The van der Waals surface area contributed by atoms with E-state index in [0.29, 0.717) is 21.6 Å². The number of ether oxygens (including phenoxy) is 1. The van der Waals surface area contributed by atoms with Crippen molar-refractivity contribution in [3.8, 4) is 17.0 Å². The second-order valence-corrected chi connectivity index (χ2v) is 12.2. The maximum Gasteiger partial charge on any atom is 0.344 e. The molecule has 0 saturated heterocycles. The van der Waals surface area contributed by atoms with Gasteiger partial charge in [0.15, 0.2) is 11.6 Å². The molecule has 5 rings (SSSR count). The summed E-state index contributed by atoms with van der Waals surface area (Å²) >= 11 is 6.99. The van der Waals surface area contributed by atoms with Gasteiger partial charge < -0.3 is 9.64 Å². The van der Waals surface area contributed by atoms with Crippen molar-refractivity contribution in [2.45, 2.75) is 38.7 Å². The van der Waals surface area contributed by atoms with Gasteiger partial charge >= 0.3 is 6.03 Å². The van der Waals surface area contributed by atoms with Gasteiger partial charge in [-0.05, 0) is 76.1 Å². The standard InChI is InChI=1S/C28H29Br2F2N7O3/c1-14(42-23-9-17(29)12-33-27(23)36-41)19-10-18(31)11-20(32)24(19)26-16(13-38(4)35-26)8-22-25(30)21(7-15-5-6-15)34-39(22)28(40)37(2)3/h9-15,41H,5-8H2,1-4H3,(H,33,36)/t14-/m1/s1. The average molecular weight is 709 g/mol. The van der Waals surface area contributed by atoms with Gasteiger partial charge in [-0.15, -0.1) is 0 Å². The number of nitrogens with zero attached hydrogens (tertiary/aromatic N) is 6. The van der Waals surface area contributed by atoms with Gasteiger partial charge in [-0.2, -0.15) is 14.9 Å². The Morgan fingerprint density at radius 3 is 2.64 bits per heavy atom. The third-order valence-electron chi connectivity index (χ3n) is 6.98. The Morgan fingerprint density at radius 1 is 1.24 bits per heavy atom. The molecule has 0 spiro atoms. The molecule has 10 nitrogen and oxygen atoms in total. The SMILES string of the molecule is C[C@@H](Oc1cc(Br)cnc1NO)c1cc(F)cc(F)c1-c1nn(C)cc1Cc1c(Br)c(CC2CC2)nn1C(=O)N(C)C. The third-order valence-corrected chi connectivity index (χ3v) is 8.33. The van der Waals surface area contributed by atoms with Gasteiger partial charge in [0.1, 0.15) is 17.7 Å². The molecule has 1 aromatic carbocycles. The quantitative estimate of drug-likeness (QED) is 0.191. The van der Waals surface area contributed by atoms with Crippen molar-refractivity contribution in [1.82, 2.24) is 29.4 Å². The summed E-state index contributed by atoms with van der Waals surface area (Å²) in [6.07, 6.45) is 5.51. The summed E-state index contributed by atoms with van der Waals surface area (Å²) in [5.41, 5.74) is 4.49. The van der Waals surface area contributed by atoms with E-state index in [1.165, 1.54) is 21.8 Å². The van der Waals surface area contributed by atoms with Gasteiger partial charge in [-0.25, -0.2) is 24.0 Å². The van der Waals surface area contributed by atoms with Crippen LogP contribution in [-0.4, -0.2) is 54.8 Å². The molecule has 2 N–H and O–H groups in total. The Kier molecular flexibility index (Phi) is 8.67. The van der Waals surface area contributed by atoms with E-state index in [9.17, 15) is 14.4 Å². The lowest BCUT2D eigenvalue weighted by molar-refractivity contribution is 0.215. The zero-order valence-corrected chi connectivity index (χ0v) is 26.5. The van der Waals surface area contributed by atoms with Gasteiger partial charge in [-0.1, -0.05) is 0 Å². The number of rotatable bonds is 9. The molecule has 1 atom stereocenters. The third kappa shape index (κ3) is 6.20. The van der Waals surface area contributed by atoms with Gasteiger partial charge in [0, 0.05) is 67.2 Å². The molecule has 222 valence electrons. The fraction of sp³-hybridized carbons (Fsp3) is 0.357. The number of nitrogens with one attached hydrogen (secondary N) is 1. The number of amides is 1. The number of carbonyl (C=O) groups excluding carboxylic acids is 1. The Hall–Kier alpha value is -3.36. The predicted molar refractivity (Wildman–Crippen MR) is 159 cm³/mol. The van der Waals surface area contributed by atoms with Crippen molar-refractivity contribution in [2.24, 2.45) is 13.0 Å². The lowest BCUT2D eigenvalue weighted by Crippen LogP contribution is -2.29. The summed E-state index contributed by atoms with van der Waals surface area (Å²) in [4.78, 5) is 18.6. The first-order chi connectivity index (χ1) is 20.0. The van der Waals surface area contributed by atoms with Crippen LogP contribution in [0.1, 0.15) is 48.4 Å². The van der Waals surface area contributed by atoms with Crippen molar-refractivity contribution >= 4 is 43.7 Å². The number of hydrogen-bond acceptors (Lipinski definition) is 7. The van der Waals surface area contributed by atoms with E-state index < -0.39 is 17.7 Å². The van der Waals surface area contributed by atoms with Crippen LogP contribution >= 0.6 is 31.9 Å². The number of hydrogen-bond donors (Lipinski definition) is 2. The van der Waals surface area contributed by atoms with Crippen LogP contribution in [-0.2, 0) is 19.9 Å². The molecule has 1 fully saturated rings. The lowest BCUT2D eigenvalue weighted by Gasteiger charge is -2.20. The number of aromatic nitrogens is 5. The van der Waals surface area contributed by atoms with Crippen LogP contribution < -0.4 is 10.2 Å². The molecule has 0 radical (unpaired) electrons. The molecule has 4 aromatic rings. The maximum atomic E-state index is 15.7. The highest BCUT2D eigenvalue weighted by molar-refractivity contribution is 9.10. The Labute approximate surface area is 257 Å². The van der Waals surface area contributed by atoms with Crippen LogP contribution in [0.15, 0.2) is 39.5 Å². The van der Waals surface area contributed by atoms with E-state index in [2.05, 4.69) is 47.0 Å². The van der Waals surface area contributed by atoms with E-state index in [1.54, 1.807) is 45.0 Å². The first-order valence-electron chi connectivity index (χ1n) is 13.2. The Bertz CT molecular complexity index is 1650. The Morgan fingerprint density at radius 2 is 1.98 bits per heavy atom. The topological polar surface area (TPSA) is 110 Å². The minimum atomic E-state index is -0.888. The van der Waals surface area contributed by atoms with Crippen LogP contribution in [0.2, 0.25) is 0 Å². The number of benzene rings is 1. The van der Waals surface area contributed by atoms with Crippen LogP contribution in [0.4, 0.5) is 19.4 Å². The van der Waals surface area contributed by atoms with E-state index in [0.717, 1.165) is 35.5 Å². The molecule has 1 aliphatic rings. The van der Waals surface area contributed by atoms with Gasteiger partial charge in [0.25, 0.3) is 0 Å². The Balaban J connectivity index is 1.58. The predicted octanol–water partition coefficient (Wildman–Crippen LogP) is 6.50. The number of carbonyl (C=O) groups is 1. The summed E-state index contributed by atoms with van der Waals surface area (Å²) in [5.74, 6) is -0.865. The normalized spacial score (nSPS) is 13.7.